The lowest BCUT2D eigenvalue weighted by Crippen LogP contribution is -2.47. The molecule has 2 atom stereocenters. The first-order valence-corrected chi connectivity index (χ1v) is 5.60. The lowest BCUT2D eigenvalue weighted by molar-refractivity contribution is 0.181. The molecule has 0 radical (unpaired) electrons. The topological polar surface area (TPSA) is 44.4 Å². The molecule has 2 saturated heterocycles. The third-order valence-corrected chi connectivity index (χ3v) is 3.87. The maximum Gasteiger partial charge on any atom is 0.317 e. The highest BCUT2D eigenvalue weighted by Gasteiger charge is 2.53. The number of nitrogens with zero attached hydrogens (tertiary/aromatic N) is 1. The molecule has 3 aliphatic rings. The Morgan fingerprint density at radius 1 is 1.36 bits per heavy atom. The van der Waals surface area contributed by atoms with Crippen LogP contribution in [0.2, 0.25) is 0 Å². The first-order valence-electron chi connectivity index (χ1n) is 5.60. The Labute approximate surface area is 84.0 Å². The van der Waals surface area contributed by atoms with Crippen LogP contribution in [0.15, 0.2) is 0 Å². The smallest absolute Gasteiger partial charge is 0.317 e. The Balaban J connectivity index is 1.54. The summed E-state index contributed by atoms with van der Waals surface area (Å²) in [5, 5.41) is 6.28. The van der Waals surface area contributed by atoms with Crippen molar-refractivity contribution in [3.8, 4) is 0 Å². The van der Waals surface area contributed by atoms with Gasteiger partial charge in [0.2, 0.25) is 0 Å². The quantitative estimate of drug-likeness (QED) is 0.644. The van der Waals surface area contributed by atoms with Crippen LogP contribution in [0.25, 0.3) is 0 Å². The van der Waals surface area contributed by atoms with Gasteiger partial charge in [0.05, 0.1) is 0 Å². The SMILES string of the molecule is O=C1NCCCN1CC1C2CNCC21. The number of nitrogens with one attached hydrogen (secondary N) is 2. The molecule has 78 valence electrons. The van der Waals surface area contributed by atoms with Crippen LogP contribution >= 0.6 is 0 Å². The zero-order chi connectivity index (χ0) is 9.54. The highest BCUT2D eigenvalue weighted by Crippen LogP contribution is 2.48. The van der Waals surface area contributed by atoms with Crippen molar-refractivity contribution in [2.45, 2.75) is 6.42 Å². The molecule has 0 bridgehead atoms. The first-order chi connectivity index (χ1) is 6.86. The number of carbonyl (C=O) groups is 1. The van der Waals surface area contributed by atoms with Gasteiger partial charge in [0.25, 0.3) is 0 Å². The Morgan fingerprint density at radius 3 is 2.86 bits per heavy atom. The summed E-state index contributed by atoms with van der Waals surface area (Å²) >= 11 is 0. The highest BCUT2D eigenvalue weighted by atomic mass is 16.2. The van der Waals surface area contributed by atoms with E-state index in [-0.39, 0.29) is 6.03 Å². The summed E-state index contributed by atoms with van der Waals surface area (Å²) in [7, 11) is 0. The molecule has 1 saturated carbocycles. The molecular formula is C10H17N3O. The summed E-state index contributed by atoms with van der Waals surface area (Å²) in [6.45, 7) is 5.14. The van der Waals surface area contributed by atoms with Crippen LogP contribution in [0.4, 0.5) is 4.79 Å². The second-order valence-corrected chi connectivity index (χ2v) is 4.68. The Bertz CT molecular complexity index is 246. The molecule has 4 heteroatoms. The maximum atomic E-state index is 11.5. The molecule has 2 heterocycles. The lowest BCUT2D eigenvalue weighted by atomic mass is 10.2. The highest BCUT2D eigenvalue weighted by molar-refractivity contribution is 5.74. The average Bonchev–Trinajstić information content (AvgIpc) is 2.64. The van der Waals surface area contributed by atoms with Crippen LogP contribution in [0, 0.1) is 17.8 Å². The molecule has 0 aromatic heterocycles. The predicted octanol–water partition coefficient (Wildman–Crippen LogP) is -0.133. The fraction of sp³-hybridized carbons (Fsp3) is 0.900. The molecule has 2 N–H and O–H groups in total. The molecule has 3 fully saturated rings. The van der Waals surface area contributed by atoms with Crippen molar-refractivity contribution in [3.05, 3.63) is 0 Å². The van der Waals surface area contributed by atoms with E-state index in [1.54, 1.807) is 0 Å². The minimum absolute atomic E-state index is 0.147. The number of piperidine rings is 1. The second kappa shape index (κ2) is 3.12. The van der Waals surface area contributed by atoms with Gasteiger partial charge in [-0.15, -0.1) is 0 Å². The second-order valence-electron chi connectivity index (χ2n) is 4.68. The molecule has 0 aromatic carbocycles. The van der Waals surface area contributed by atoms with Gasteiger partial charge in [-0.2, -0.15) is 0 Å². The van der Waals surface area contributed by atoms with E-state index in [4.69, 9.17) is 0 Å². The van der Waals surface area contributed by atoms with E-state index >= 15 is 0 Å². The first kappa shape index (κ1) is 8.53. The number of carbonyl (C=O) groups excluding carboxylic acids is 1. The van der Waals surface area contributed by atoms with E-state index in [1.807, 2.05) is 4.90 Å². The van der Waals surface area contributed by atoms with Crippen molar-refractivity contribution < 1.29 is 4.79 Å². The molecule has 2 unspecified atom stereocenters. The van der Waals surface area contributed by atoms with Crippen LogP contribution in [-0.2, 0) is 0 Å². The van der Waals surface area contributed by atoms with Crippen molar-refractivity contribution in [3.63, 3.8) is 0 Å². The van der Waals surface area contributed by atoms with Crippen LogP contribution < -0.4 is 10.6 Å². The van der Waals surface area contributed by atoms with Gasteiger partial charge in [0, 0.05) is 19.6 Å². The van der Waals surface area contributed by atoms with Crippen molar-refractivity contribution in [1.29, 1.82) is 0 Å². The summed E-state index contributed by atoms with van der Waals surface area (Å²) in [5.41, 5.74) is 0. The monoisotopic (exact) mass is 195 g/mol. The minimum atomic E-state index is 0.147. The number of hydrogen-bond acceptors (Lipinski definition) is 2. The Morgan fingerprint density at radius 2 is 2.14 bits per heavy atom. The molecule has 2 aliphatic heterocycles. The van der Waals surface area contributed by atoms with Crippen molar-refractivity contribution in [1.82, 2.24) is 15.5 Å². The Hall–Kier alpha value is -0.770. The fourth-order valence-electron chi connectivity index (χ4n) is 2.92. The molecule has 0 spiro atoms. The van der Waals surface area contributed by atoms with Gasteiger partial charge in [-0.3, -0.25) is 0 Å². The van der Waals surface area contributed by atoms with E-state index in [0.29, 0.717) is 0 Å². The van der Waals surface area contributed by atoms with Crippen LogP contribution in [0.5, 0.6) is 0 Å². The average molecular weight is 195 g/mol. The maximum absolute atomic E-state index is 11.5. The minimum Gasteiger partial charge on any atom is -0.338 e. The van der Waals surface area contributed by atoms with Gasteiger partial charge in [-0.1, -0.05) is 0 Å². The zero-order valence-electron chi connectivity index (χ0n) is 8.33. The van der Waals surface area contributed by atoms with Crippen LogP contribution in [0.1, 0.15) is 6.42 Å². The third kappa shape index (κ3) is 1.29. The van der Waals surface area contributed by atoms with Gasteiger partial charge < -0.3 is 15.5 Å². The van der Waals surface area contributed by atoms with Gasteiger partial charge >= 0.3 is 6.03 Å². The van der Waals surface area contributed by atoms with Gasteiger partial charge in [-0.05, 0) is 37.3 Å². The van der Waals surface area contributed by atoms with Crippen LogP contribution in [-0.4, -0.2) is 43.7 Å². The van der Waals surface area contributed by atoms with Gasteiger partial charge in [-0.25, -0.2) is 4.79 Å². The summed E-state index contributed by atoms with van der Waals surface area (Å²) in [6.07, 6.45) is 1.10. The predicted molar refractivity (Wildman–Crippen MR) is 52.9 cm³/mol. The van der Waals surface area contributed by atoms with E-state index in [2.05, 4.69) is 10.6 Å². The molecule has 3 rings (SSSR count). The van der Waals surface area contributed by atoms with Crippen molar-refractivity contribution in [2.24, 2.45) is 17.8 Å². The Kier molecular flexibility index (Phi) is 1.90. The number of amides is 2. The summed E-state index contributed by atoms with van der Waals surface area (Å²) in [5.74, 6) is 2.52. The van der Waals surface area contributed by atoms with Crippen LogP contribution in [0.3, 0.4) is 0 Å². The number of urea groups is 1. The van der Waals surface area contributed by atoms with Crippen molar-refractivity contribution in [2.75, 3.05) is 32.7 Å². The molecule has 0 aromatic rings. The summed E-state index contributed by atoms with van der Waals surface area (Å²) in [4.78, 5) is 13.5. The molecule has 4 nitrogen and oxygen atoms in total. The summed E-state index contributed by atoms with van der Waals surface area (Å²) in [6, 6.07) is 0.147. The molecule has 14 heavy (non-hydrogen) atoms. The van der Waals surface area contributed by atoms with E-state index < -0.39 is 0 Å². The van der Waals surface area contributed by atoms with E-state index in [1.165, 1.54) is 13.1 Å². The van der Waals surface area contributed by atoms with E-state index in [0.717, 1.165) is 43.8 Å². The zero-order valence-corrected chi connectivity index (χ0v) is 8.33. The van der Waals surface area contributed by atoms with E-state index in [9.17, 15) is 4.79 Å². The third-order valence-electron chi connectivity index (χ3n) is 3.87. The lowest BCUT2D eigenvalue weighted by Gasteiger charge is -2.28. The number of hydrogen-bond donors (Lipinski definition) is 2. The number of fused-ring (bicyclic) bond motifs is 1. The molecular weight excluding hydrogens is 178 g/mol. The van der Waals surface area contributed by atoms with Gasteiger partial charge in [0.1, 0.15) is 0 Å². The largest absolute Gasteiger partial charge is 0.338 e. The van der Waals surface area contributed by atoms with Gasteiger partial charge in [0.15, 0.2) is 0 Å². The standard InChI is InChI=1S/C10H17N3O/c14-10-12-2-1-3-13(10)6-9-7-4-11-5-8(7)9/h7-9,11H,1-6H2,(H,12,14). The number of rotatable bonds is 2. The summed E-state index contributed by atoms with van der Waals surface area (Å²) < 4.78 is 0. The van der Waals surface area contributed by atoms with Crippen molar-refractivity contribution >= 4 is 6.03 Å². The molecule has 2 amide bonds. The molecule has 1 aliphatic carbocycles. The fourth-order valence-corrected chi connectivity index (χ4v) is 2.92. The normalized spacial score (nSPS) is 40.7.